The molecule has 0 saturated heterocycles. The minimum Gasteiger partial charge on any atom is -0.465 e. The van der Waals surface area contributed by atoms with Crippen molar-refractivity contribution in [1.29, 1.82) is 0 Å². The number of aromatic nitrogens is 2. The summed E-state index contributed by atoms with van der Waals surface area (Å²) in [7, 11) is 1.31. The van der Waals surface area contributed by atoms with E-state index >= 15 is 0 Å². The molecule has 0 aliphatic heterocycles. The summed E-state index contributed by atoms with van der Waals surface area (Å²) in [4.78, 5) is 28.8. The summed E-state index contributed by atoms with van der Waals surface area (Å²) in [5.41, 5.74) is 0.904. The van der Waals surface area contributed by atoms with Gasteiger partial charge in [-0.1, -0.05) is 0 Å². The predicted molar refractivity (Wildman–Crippen MR) is 52.9 cm³/mol. The van der Waals surface area contributed by atoms with Crippen LogP contribution in [0.3, 0.4) is 0 Å². The maximum atomic E-state index is 11.3. The van der Waals surface area contributed by atoms with Crippen LogP contribution in [0.4, 0.5) is 0 Å². The molecule has 0 spiro atoms. The molecule has 0 aliphatic carbocycles. The Balaban J connectivity index is 2.77. The molecule has 14 heavy (non-hydrogen) atoms. The van der Waals surface area contributed by atoms with Crippen molar-refractivity contribution in [1.82, 2.24) is 9.97 Å². The van der Waals surface area contributed by atoms with Crippen LogP contribution in [0.5, 0.6) is 0 Å². The normalized spacial score (nSPS) is 10.7. The number of aromatic amines is 2. The van der Waals surface area contributed by atoms with Gasteiger partial charge in [-0.3, -0.25) is 0 Å². The number of rotatable bonds is 1. The van der Waals surface area contributed by atoms with Crippen molar-refractivity contribution in [3.8, 4) is 0 Å². The third-order valence-electron chi connectivity index (χ3n) is 1.93. The van der Waals surface area contributed by atoms with E-state index in [1.54, 1.807) is 0 Å². The van der Waals surface area contributed by atoms with Gasteiger partial charge in [0.2, 0.25) is 0 Å². The zero-order valence-electron chi connectivity index (χ0n) is 7.63. The lowest BCUT2D eigenvalue weighted by molar-refractivity contribution is 0.0608. The highest BCUT2D eigenvalue weighted by molar-refractivity contribution is 7.15. The molecule has 2 aromatic heterocycles. The number of carbonyl (C=O) groups excluding carboxylic acids is 1. The smallest absolute Gasteiger partial charge is 0.350 e. The lowest BCUT2D eigenvalue weighted by atomic mass is 10.3. The molecule has 0 aromatic carbocycles. The molecular weight excluding hydrogens is 204 g/mol. The number of ether oxygens (including phenoxy) is 1. The number of esters is 1. The SMILES string of the molecule is COC(=O)c1sc(C)c2[nH]c(=O)[nH]c12. The average Bonchev–Trinajstić information content (AvgIpc) is 2.65. The summed E-state index contributed by atoms with van der Waals surface area (Å²) in [5.74, 6) is -0.427. The van der Waals surface area contributed by atoms with E-state index in [-0.39, 0.29) is 5.69 Å². The predicted octanol–water partition coefficient (Wildman–Crippen LogP) is 1.01. The first-order valence-corrected chi connectivity index (χ1v) is 4.75. The van der Waals surface area contributed by atoms with Crippen LogP contribution in [0.1, 0.15) is 14.5 Å². The van der Waals surface area contributed by atoms with Gasteiger partial charge in [-0.2, -0.15) is 0 Å². The third-order valence-corrected chi connectivity index (χ3v) is 3.02. The van der Waals surface area contributed by atoms with Crippen molar-refractivity contribution in [3.05, 3.63) is 20.2 Å². The number of fused-ring (bicyclic) bond motifs is 1. The molecule has 0 fully saturated rings. The van der Waals surface area contributed by atoms with Crippen LogP contribution < -0.4 is 5.69 Å². The lowest BCUT2D eigenvalue weighted by Crippen LogP contribution is -2.02. The fraction of sp³-hybridized carbons (Fsp3) is 0.250. The topological polar surface area (TPSA) is 75.0 Å². The molecule has 0 amide bonds. The monoisotopic (exact) mass is 212 g/mol. The quantitative estimate of drug-likeness (QED) is 0.693. The van der Waals surface area contributed by atoms with E-state index in [9.17, 15) is 9.59 Å². The Kier molecular flexibility index (Phi) is 1.92. The summed E-state index contributed by atoms with van der Waals surface area (Å²) in [5, 5.41) is 0. The van der Waals surface area contributed by atoms with E-state index in [1.165, 1.54) is 18.4 Å². The van der Waals surface area contributed by atoms with Gasteiger partial charge < -0.3 is 14.7 Å². The number of imidazole rings is 1. The highest BCUT2D eigenvalue weighted by Crippen LogP contribution is 2.27. The van der Waals surface area contributed by atoms with Crippen molar-refractivity contribution in [2.75, 3.05) is 7.11 Å². The second-order valence-corrected chi connectivity index (χ2v) is 4.03. The molecular formula is C8H8N2O3S. The fourth-order valence-electron chi connectivity index (χ4n) is 1.31. The van der Waals surface area contributed by atoms with Crippen LogP contribution in [-0.4, -0.2) is 23.0 Å². The molecule has 0 bridgehead atoms. The Morgan fingerprint density at radius 3 is 2.64 bits per heavy atom. The number of H-pyrrole nitrogens is 2. The number of hydrogen-bond acceptors (Lipinski definition) is 4. The standard InChI is InChI=1S/C8H8N2O3S/c1-3-4-5(10-8(12)9-4)6(14-3)7(11)13-2/h1-2H3,(H2,9,10,12). The first kappa shape index (κ1) is 9.01. The Labute approximate surface area is 82.7 Å². The number of thiophene rings is 1. The molecule has 2 heterocycles. The Bertz CT molecular complexity index is 548. The second-order valence-electron chi connectivity index (χ2n) is 2.81. The van der Waals surface area contributed by atoms with Gasteiger partial charge in [0, 0.05) is 4.88 Å². The van der Waals surface area contributed by atoms with E-state index in [4.69, 9.17) is 0 Å². The Morgan fingerprint density at radius 1 is 1.36 bits per heavy atom. The van der Waals surface area contributed by atoms with Gasteiger partial charge in [-0.25, -0.2) is 9.59 Å². The van der Waals surface area contributed by atoms with Crippen molar-refractivity contribution in [2.24, 2.45) is 0 Å². The van der Waals surface area contributed by atoms with E-state index in [2.05, 4.69) is 14.7 Å². The minimum absolute atomic E-state index is 0.309. The molecule has 2 rings (SSSR count). The number of carbonyl (C=O) groups is 1. The summed E-state index contributed by atoms with van der Waals surface area (Å²) < 4.78 is 4.60. The van der Waals surface area contributed by atoms with Gasteiger partial charge in [0.1, 0.15) is 4.88 Å². The molecule has 74 valence electrons. The van der Waals surface area contributed by atoms with Crippen LogP contribution >= 0.6 is 11.3 Å². The largest absolute Gasteiger partial charge is 0.465 e. The van der Waals surface area contributed by atoms with Crippen LogP contribution in [-0.2, 0) is 4.74 Å². The lowest BCUT2D eigenvalue weighted by Gasteiger charge is -1.92. The van der Waals surface area contributed by atoms with E-state index < -0.39 is 5.97 Å². The molecule has 6 heteroatoms. The highest BCUT2D eigenvalue weighted by Gasteiger charge is 2.17. The molecule has 0 aliphatic rings. The van der Waals surface area contributed by atoms with Gasteiger partial charge in [0.15, 0.2) is 0 Å². The van der Waals surface area contributed by atoms with Gasteiger partial charge in [0.05, 0.1) is 18.1 Å². The maximum Gasteiger partial charge on any atom is 0.350 e. The Morgan fingerprint density at radius 2 is 2.00 bits per heavy atom. The molecule has 0 radical (unpaired) electrons. The van der Waals surface area contributed by atoms with E-state index in [0.717, 1.165) is 4.88 Å². The number of hydrogen-bond donors (Lipinski definition) is 2. The van der Waals surface area contributed by atoms with E-state index in [0.29, 0.717) is 15.9 Å². The zero-order valence-corrected chi connectivity index (χ0v) is 8.45. The van der Waals surface area contributed by atoms with Crippen LogP contribution in [0, 0.1) is 6.92 Å². The number of aryl methyl sites for hydroxylation is 1. The number of methoxy groups -OCH3 is 1. The van der Waals surface area contributed by atoms with Crippen molar-refractivity contribution in [2.45, 2.75) is 6.92 Å². The van der Waals surface area contributed by atoms with Gasteiger partial charge >= 0.3 is 11.7 Å². The maximum absolute atomic E-state index is 11.3. The third kappa shape index (κ3) is 1.15. The van der Waals surface area contributed by atoms with E-state index in [1.807, 2.05) is 6.92 Å². The van der Waals surface area contributed by atoms with Crippen LogP contribution in [0.25, 0.3) is 11.0 Å². The van der Waals surface area contributed by atoms with Gasteiger partial charge in [-0.15, -0.1) is 11.3 Å². The molecule has 2 aromatic rings. The molecule has 0 atom stereocenters. The molecule has 0 saturated carbocycles. The zero-order chi connectivity index (χ0) is 10.3. The second kappa shape index (κ2) is 2.98. The van der Waals surface area contributed by atoms with Crippen molar-refractivity contribution in [3.63, 3.8) is 0 Å². The van der Waals surface area contributed by atoms with Crippen LogP contribution in [0.15, 0.2) is 4.79 Å². The molecule has 2 N–H and O–H groups in total. The summed E-state index contributed by atoms with van der Waals surface area (Å²) in [6.07, 6.45) is 0. The summed E-state index contributed by atoms with van der Waals surface area (Å²) in [6, 6.07) is 0. The van der Waals surface area contributed by atoms with Crippen molar-refractivity contribution < 1.29 is 9.53 Å². The average molecular weight is 212 g/mol. The fourth-order valence-corrected chi connectivity index (χ4v) is 2.29. The Hall–Kier alpha value is -1.56. The number of nitrogens with one attached hydrogen (secondary N) is 2. The molecule has 5 nitrogen and oxygen atoms in total. The van der Waals surface area contributed by atoms with Gasteiger partial charge in [0.25, 0.3) is 0 Å². The first-order chi connectivity index (χ1) is 6.63. The first-order valence-electron chi connectivity index (χ1n) is 3.93. The summed E-state index contributed by atoms with van der Waals surface area (Å²) >= 11 is 1.30. The van der Waals surface area contributed by atoms with Crippen molar-refractivity contribution >= 4 is 28.3 Å². The minimum atomic E-state index is -0.427. The van der Waals surface area contributed by atoms with Gasteiger partial charge in [-0.05, 0) is 6.92 Å². The summed E-state index contributed by atoms with van der Waals surface area (Å²) in [6.45, 7) is 1.84. The highest BCUT2D eigenvalue weighted by atomic mass is 32.1. The molecule has 0 unspecified atom stereocenters. The van der Waals surface area contributed by atoms with Crippen LogP contribution in [0.2, 0.25) is 0 Å².